The maximum Gasteiger partial charge on any atom is 0.212 e. The molecule has 116 valence electrons. The van der Waals surface area contributed by atoms with Crippen LogP contribution in [-0.4, -0.2) is 40.9 Å². The Morgan fingerprint density at radius 2 is 2.24 bits per heavy atom. The number of thioether (sulfide) groups is 1. The molecule has 0 bridgehead atoms. The van der Waals surface area contributed by atoms with Gasteiger partial charge >= 0.3 is 0 Å². The van der Waals surface area contributed by atoms with Crippen LogP contribution >= 0.6 is 11.8 Å². The van der Waals surface area contributed by atoms with E-state index in [1.807, 2.05) is 23.9 Å². The number of rotatable bonds is 3. The zero-order chi connectivity index (χ0) is 14.7. The van der Waals surface area contributed by atoms with Gasteiger partial charge in [0, 0.05) is 18.9 Å². The largest absolute Gasteiger partial charge is 0.481 e. The van der Waals surface area contributed by atoms with Crippen molar-refractivity contribution in [2.75, 3.05) is 25.2 Å². The summed E-state index contributed by atoms with van der Waals surface area (Å²) in [6.45, 7) is 0.760. The van der Waals surface area contributed by atoms with Crippen molar-refractivity contribution in [1.82, 2.24) is 4.98 Å². The summed E-state index contributed by atoms with van der Waals surface area (Å²) in [5, 5.41) is 10.7. The van der Waals surface area contributed by atoms with E-state index in [0.29, 0.717) is 5.88 Å². The normalized spacial score (nSPS) is 26.5. The summed E-state index contributed by atoms with van der Waals surface area (Å²) in [7, 11) is 1.60. The molecule has 0 aliphatic carbocycles. The molecule has 2 aliphatic rings. The molecule has 2 atom stereocenters. The number of methoxy groups -OCH3 is 1. The monoisotopic (exact) mass is 309 g/mol. The van der Waals surface area contributed by atoms with E-state index in [9.17, 15) is 5.11 Å². The molecule has 1 spiro atoms. The van der Waals surface area contributed by atoms with E-state index in [4.69, 9.17) is 9.47 Å². The summed E-state index contributed by atoms with van der Waals surface area (Å²) in [6.07, 6.45) is 5.37. The standard InChI is InChI=1S/C16H23NO3S/c1-19-14-3-2-13(11-17-14)15(18)12-4-7-20-16(10-12)5-8-21-9-6-16/h2-3,11-12,15,18H,4-10H2,1H3. The molecular formula is C16H23NO3S. The summed E-state index contributed by atoms with van der Waals surface area (Å²) in [4.78, 5) is 4.20. The Morgan fingerprint density at radius 3 is 2.90 bits per heavy atom. The zero-order valence-electron chi connectivity index (χ0n) is 12.5. The van der Waals surface area contributed by atoms with E-state index in [-0.39, 0.29) is 11.5 Å². The molecule has 0 aromatic carbocycles. The van der Waals surface area contributed by atoms with Gasteiger partial charge in [0.2, 0.25) is 5.88 Å². The van der Waals surface area contributed by atoms with E-state index < -0.39 is 6.10 Å². The van der Waals surface area contributed by atoms with Crippen LogP contribution in [0.3, 0.4) is 0 Å². The van der Waals surface area contributed by atoms with E-state index in [1.54, 1.807) is 13.3 Å². The Labute approximate surface area is 130 Å². The fourth-order valence-corrected chi connectivity index (χ4v) is 4.62. The molecule has 1 aromatic rings. The van der Waals surface area contributed by atoms with Gasteiger partial charge in [-0.1, -0.05) is 0 Å². The Kier molecular flexibility index (Phi) is 4.72. The van der Waals surface area contributed by atoms with Crippen molar-refractivity contribution < 1.29 is 14.6 Å². The van der Waals surface area contributed by atoms with Crippen molar-refractivity contribution in [3.63, 3.8) is 0 Å². The van der Waals surface area contributed by atoms with Crippen LogP contribution in [0.15, 0.2) is 18.3 Å². The molecule has 3 rings (SSSR count). The number of hydrogen-bond donors (Lipinski definition) is 1. The molecule has 2 unspecified atom stereocenters. The van der Waals surface area contributed by atoms with Crippen molar-refractivity contribution in [1.29, 1.82) is 0 Å². The van der Waals surface area contributed by atoms with Gasteiger partial charge in [-0.25, -0.2) is 4.98 Å². The van der Waals surface area contributed by atoms with Crippen LogP contribution < -0.4 is 4.74 Å². The molecule has 0 radical (unpaired) electrons. The molecule has 3 heterocycles. The molecule has 0 amide bonds. The average Bonchev–Trinajstić information content (AvgIpc) is 2.55. The fourth-order valence-electron chi connectivity index (χ4n) is 3.39. The summed E-state index contributed by atoms with van der Waals surface area (Å²) >= 11 is 2.01. The van der Waals surface area contributed by atoms with Crippen LogP contribution in [0.2, 0.25) is 0 Å². The average molecular weight is 309 g/mol. The lowest BCUT2D eigenvalue weighted by Crippen LogP contribution is -2.44. The molecule has 21 heavy (non-hydrogen) atoms. The summed E-state index contributed by atoms with van der Waals surface area (Å²) in [5.41, 5.74) is 0.887. The van der Waals surface area contributed by atoms with Gasteiger partial charge in [0.15, 0.2) is 0 Å². The number of ether oxygens (including phenoxy) is 2. The van der Waals surface area contributed by atoms with Crippen molar-refractivity contribution in [3.05, 3.63) is 23.9 Å². The van der Waals surface area contributed by atoms with E-state index in [1.165, 1.54) is 11.5 Å². The minimum Gasteiger partial charge on any atom is -0.481 e. The molecule has 2 aliphatic heterocycles. The van der Waals surface area contributed by atoms with Crippen LogP contribution in [0.1, 0.15) is 37.4 Å². The van der Waals surface area contributed by atoms with Gasteiger partial charge in [-0.05, 0) is 54.7 Å². The number of hydrogen-bond acceptors (Lipinski definition) is 5. The second-order valence-corrected chi connectivity index (χ2v) is 7.20. The highest BCUT2D eigenvalue weighted by atomic mass is 32.2. The minimum atomic E-state index is -0.459. The van der Waals surface area contributed by atoms with Gasteiger partial charge in [-0.15, -0.1) is 0 Å². The molecule has 5 heteroatoms. The lowest BCUT2D eigenvalue weighted by molar-refractivity contribution is -0.121. The van der Waals surface area contributed by atoms with Gasteiger partial charge in [0.1, 0.15) is 0 Å². The second kappa shape index (κ2) is 6.55. The fraction of sp³-hybridized carbons (Fsp3) is 0.688. The first-order valence-corrected chi connectivity index (χ1v) is 8.78. The highest BCUT2D eigenvalue weighted by Crippen LogP contribution is 2.43. The molecule has 0 saturated carbocycles. The Bertz CT molecular complexity index is 454. The first kappa shape index (κ1) is 15.1. The summed E-state index contributed by atoms with van der Waals surface area (Å²) < 4.78 is 11.2. The highest BCUT2D eigenvalue weighted by molar-refractivity contribution is 7.99. The second-order valence-electron chi connectivity index (χ2n) is 5.98. The first-order chi connectivity index (χ1) is 10.2. The van der Waals surface area contributed by atoms with E-state index in [0.717, 1.165) is 37.9 Å². The predicted molar refractivity (Wildman–Crippen MR) is 83.7 cm³/mol. The van der Waals surface area contributed by atoms with Crippen LogP contribution in [0.25, 0.3) is 0 Å². The molecule has 1 aromatic heterocycles. The van der Waals surface area contributed by atoms with Crippen molar-refractivity contribution in [2.45, 2.75) is 37.4 Å². The maximum absolute atomic E-state index is 10.7. The molecule has 2 fully saturated rings. The van der Waals surface area contributed by atoms with Crippen LogP contribution in [0.5, 0.6) is 5.88 Å². The van der Waals surface area contributed by atoms with Gasteiger partial charge in [-0.3, -0.25) is 0 Å². The summed E-state index contributed by atoms with van der Waals surface area (Å²) in [5.74, 6) is 3.19. The number of aliphatic hydroxyl groups excluding tert-OH is 1. The van der Waals surface area contributed by atoms with Crippen molar-refractivity contribution >= 4 is 11.8 Å². The van der Waals surface area contributed by atoms with E-state index >= 15 is 0 Å². The number of nitrogens with zero attached hydrogens (tertiary/aromatic N) is 1. The molecule has 2 saturated heterocycles. The van der Waals surface area contributed by atoms with Gasteiger partial charge < -0.3 is 14.6 Å². The molecular weight excluding hydrogens is 286 g/mol. The molecule has 1 N–H and O–H groups in total. The number of pyridine rings is 1. The van der Waals surface area contributed by atoms with Crippen LogP contribution in [0.4, 0.5) is 0 Å². The molecule has 4 nitrogen and oxygen atoms in total. The third-order valence-electron chi connectivity index (χ3n) is 4.69. The highest BCUT2D eigenvalue weighted by Gasteiger charge is 2.41. The third-order valence-corrected chi connectivity index (χ3v) is 5.68. The number of aromatic nitrogens is 1. The minimum absolute atomic E-state index is 0.00897. The van der Waals surface area contributed by atoms with Crippen LogP contribution in [-0.2, 0) is 4.74 Å². The van der Waals surface area contributed by atoms with Gasteiger partial charge in [-0.2, -0.15) is 11.8 Å². The topological polar surface area (TPSA) is 51.6 Å². The zero-order valence-corrected chi connectivity index (χ0v) is 13.3. The SMILES string of the molecule is COc1ccc(C(O)C2CCOC3(CCSCC3)C2)cn1. The Hall–Kier alpha value is -0.780. The lowest BCUT2D eigenvalue weighted by Gasteiger charge is -2.44. The smallest absolute Gasteiger partial charge is 0.212 e. The summed E-state index contributed by atoms with van der Waals surface area (Å²) in [6, 6.07) is 3.72. The quantitative estimate of drug-likeness (QED) is 0.930. The first-order valence-electron chi connectivity index (χ1n) is 7.62. The third kappa shape index (κ3) is 3.35. The lowest BCUT2D eigenvalue weighted by atomic mass is 9.78. The Morgan fingerprint density at radius 1 is 1.43 bits per heavy atom. The van der Waals surface area contributed by atoms with Gasteiger partial charge in [0.05, 0.1) is 18.8 Å². The maximum atomic E-state index is 10.7. The van der Waals surface area contributed by atoms with Gasteiger partial charge in [0.25, 0.3) is 0 Å². The predicted octanol–water partition coefficient (Wildman–Crippen LogP) is 2.82. The van der Waals surface area contributed by atoms with Crippen molar-refractivity contribution in [3.8, 4) is 5.88 Å². The van der Waals surface area contributed by atoms with Crippen molar-refractivity contribution in [2.24, 2.45) is 5.92 Å². The number of aliphatic hydroxyl groups is 1. The van der Waals surface area contributed by atoms with E-state index in [2.05, 4.69) is 4.98 Å². The Balaban J connectivity index is 1.69. The van der Waals surface area contributed by atoms with Crippen LogP contribution in [0, 0.1) is 5.92 Å².